The van der Waals surface area contributed by atoms with Crippen LogP contribution in [-0.4, -0.2) is 6.54 Å². The molecule has 0 spiro atoms. The van der Waals surface area contributed by atoms with Gasteiger partial charge in [-0.15, -0.1) is 0 Å². The van der Waals surface area contributed by atoms with Crippen molar-refractivity contribution in [2.24, 2.45) is 5.92 Å². The first-order valence-corrected chi connectivity index (χ1v) is 6.99. The van der Waals surface area contributed by atoms with E-state index < -0.39 is 0 Å². The summed E-state index contributed by atoms with van der Waals surface area (Å²) in [5, 5.41) is 4.80. The van der Waals surface area contributed by atoms with Crippen LogP contribution in [0.3, 0.4) is 0 Å². The van der Waals surface area contributed by atoms with Gasteiger partial charge in [0.05, 0.1) is 10.0 Å². The van der Waals surface area contributed by atoms with Gasteiger partial charge in [-0.1, -0.05) is 56.1 Å². The molecule has 1 N–H and O–H groups in total. The lowest BCUT2D eigenvalue weighted by atomic mass is 9.97. The highest BCUT2D eigenvalue weighted by atomic mass is 35.5. The molecule has 0 aliphatic carbocycles. The Morgan fingerprint density at radius 1 is 1.18 bits per heavy atom. The fourth-order valence-corrected chi connectivity index (χ4v) is 2.34. The van der Waals surface area contributed by atoms with Crippen LogP contribution >= 0.6 is 23.2 Å². The first kappa shape index (κ1) is 14.8. The second-order valence-electron chi connectivity index (χ2n) is 4.72. The summed E-state index contributed by atoms with van der Waals surface area (Å²) >= 11 is 12.3. The van der Waals surface area contributed by atoms with Crippen LogP contribution in [0.15, 0.2) is 18.2 Å². The lowest BCUT2D eigenvalue weighted by Gasteiger charge is -2.21. The molecule has 1 aromatic rings. The summed E-state index contributed by atoms with van der Waals surface area (Å²) in [6.07, 6.45) is 2.27. The predicted octanol–water partition coefficient (Wildman–Crippen LogP) is 5.08. The fourth-order valence-electron chi connectivity index (χ4n) is 1.90. The van der Waals surface area contributed by atoms with Crippen LogP contribution in [-0.2, 0) is 0 Å². The van der Waals surface area contributed by atoms with Crippen LogP contribution in [0, 0.1) is 5.92 Å². The van der Waals surface area contributed by atoms with Gasteiger partial charge >= 0.3 is 0 Å². The molecule has 0 amide bonds. The van der Waals surface area contributed by atoms with Gasteiger partial charge in [0.15, 0.2) is 0 Å². The van der Waals surface area contributed by atoms with E-state index in [0.29, 0.717) is 22.0 Å². The molecule has 0 bridgehead atoms. The Labute approximate surface area is 115 Å². The van der Waals surface area contributed by atoms with Crippen LogP contribution in [0.4, 0.5) is 0 Å². The van der Waals surface area contributed by atoms with Gasteiger partial charge in [0.25, 0.3) is 0 Å². The van der Waals surface area contributed by atoms with Crippen molar-refractivity contribution >= 4 is 23.2 Å². The molecule has 0 fully saturated rings. The summed E-state index contributed by atoms with van der Waals surface area (Å²) in [7, 11) is 0. The van der Waals surface area contributed by atoms with E-state index in [9.17, 15) is 0 Å². The van der Waals surface area contributed by atoms with Crippen molar-refractivity contribution in [3.05, 3.63) is 33.8 Å². The number of hydrogen-bond acceptors (Lipinski definition) is 1. The summed E-state index contributed by atoms with van der Waals surface area (Å²) in [6, 6.07) is 6.15. The molecule has 0 aliphatic rings. The SMILES string of the molecule is CCNC(CCC(C)C)c1cccc(Cl)c1Cl. The average Bonchev–Trinajstić information content (AvgIpc) is 2.28. The Bertz CT molecular complexity index is 350. The fraction of sp³-hybridized carbons (Fsp3) is 0.571. The monoisotopic (exact) mass is 273 g/mol. The second kappa shape index (κ2) is 7.25. The summed E-state index contributed by atoms with van der Waals surface area (Å²) < 4.78 is 0. The lowest BCUT2D eigenvalue weighted by Crippen LogP contribution is -2.21. The van der Waals surface area contributed by atoms with E-state index in [4.69, 9.17) is 23.2 Å². The molecule has 1 nitrogen and oxygen atoms in total. The minimum Gasteiger partial charge on any atom is -0.310 e. The largest absolute Gasteiger partial charge is 0.310 e. The van der Waals surface area contributed by atoms with Gasteiger partial charge in [-0.05, 0) is 36.9 Å². The standard InChI is InChI=1S/C14H21Cl2N/c1-4-17-13(9-8-10(2)3)11-6-5-7-12(15)14(11)16/h5-7,10,13,17H,4,8-9H2,1-3H3. The van der Waals surface area contributed by atoms with Gasteiger partial charge in [-0.3, -0.25) is 0 Å². The molecule has 1 aromatic carbocycles. The van der Waals surface area contributed by atoms with E-state index in [1.807, 2.05) is 12.1 Å². The van der Waals surface area contributed by atoms with Crippen molar-refractivity contribution in [2.75, 3.05) is 6.54 Å². The topological polar surface area (TPSA) is 12.0 Å². The number of hydrogen-bond donors (Lipinski definition) is 1. The molecule has 0 saturated carbocycles. The zero-order chi connectivity index (χ0) is 12.8. The zero-order valence-electron chi connectivity index (χ0n) is 10.8. The Kier molecular flexibility index (Phi) is 6.32. The Morgan fingerprint density at radius 3 is 2.47 bits per heavy atom. The molecule has 3 heteroatoms. The van der Waals surface area contributed by atoms with E-state index in [0.717, 1.165) is 18.5 Å². The lowest BCUT2D eigenvalue weighted by molar-refractivity contribution is 0.448. The third-order valence-corrected chi connectivity index (χ3v) is 3.67. The number of rotatable bonds is 6. The molecule has 0 aliphatic heterocycles. The number of halogens is 2. The molecule has 0 aromatic heterocycles. The minimum absolute atomic E-state index is 0.300. The molecule has 0 saturated heterocycles. The molecular weight excluding hydrogens is 253 g/mol. The van der Waals surface area contributed by atoms with Gasteiger partial charge in [-0.25, -0.2) is 0 Å². The minimum atomic E-state index is 0.300. The molecular formula is C14H21Cl2N. The zero-order valence-corrected chi connectivity index (χ0v) is 12.3. The van der Waals surface area contributed by atoms with Crippen molar-refractivity contribution in [1.29, 1.82) is 0 Å². The van der Waals surface area contributed by atoms with Crippen molar-refractivity contribution in [2.45, 2.75) is 39.7 Å². The summed E-state index contributed by atoms with van der Waals surface area (Å²) in [6.45, 7) is 7.53. The smallest absolute Gasteiger partial charge is 0.0640 e. The van der Waals surface area contributed by atoms with Crippen LogP contribution in [0.5, 0.6) is 0 Å². The van der Waals surface area contributed by atoms with Gasteiger partial charge in [0.1, 0.15) is 0 Å². The van der Waals surface area contributed by atoms with E-state index in [-0.39, 0.29) is 0 Å². The van der Waals surface area contributed by atoms with E-state index in [1.54, 1.807) is 0 Å². The Balaban J connectivity index is 2.85. The molecule has 1 atom stereocenters. The number of nitrogens with one attached hydrogen (secondary N) is 1. The van der Waals surface area contributed by atoms with Crippen LogP contribution in [0.1, 0.15) is 45.2 Å². The molecule has 17 heavy (non-hydrogen) atoms. The van der Waals surface area contributed by atoms with Crippen molar-refractivity contribution in [3.8, 4) is 0 Å². The highest BCUT2D eigenvalue weighted by molar-refractivity contribution is 6.42. The van der Waals surface area contributed by atoms with E-state index >= 15 is 0 Å². The quantitative estimate of drug-likeness (QED) is 0.762. The van der Waals surface area contributed by atoms with E-state index in [2.05, 4.69) is 32.2 Å². The summed E-state index contributed by atoms with van der Waals surface area (Å²) in [5.74, 6) is 0.703. The van der Waals surface area contributed by atoms with Crippen LogP contribution in [0.25, 0.3) is 0 Å². The van der Waals surface area contributed by atoms with Crippen molar-refractivity contribution in [3.63, 3.8) is 0 Å². The first-order chi connectivity index (χ1) is 8.06. The molecule has 0 heterocycles. The van der Waals surface area contributed by atoms with Gasteiger partial charge in [-0.2, -0.15) is 0 Å². The normalized spacial score (nSPS) is 13.1. The van der Waals surface area contributed by atoms with Gasteiger partial charge in [0.2, 0.25) is 0 Å². The molecule has 1 rings (SSSR count). The van der Waals surface area contributed by atoms with E-state index in [1.165, 1.54) is 6.42 Å². The highest BCUT2D eigenvalue weighted by Gasteiger charge is 2.15. The highest BCUT2D eigenvalue weighted by Crippen LogP contribution is 2.32. The third-order valence-electron chi connectivity index (χ3n) is 2.84. The molecule has 96 valence electrons. The van der Waals surface area contributed by atoms with Crippen molar-refractivity contribution in [1.82, 2.24) is 5.32 Å². The van der Waals surface area contributed by atoms with Gasteiger partial charge < -0.3 is 5.32 Å². The average molecular weight is 274 g/mol. The third kappa shape index (κ3) is 4.50. The summed E-state index contributed by atoms with van der Waals surface area (Å²) in [5.41, 5.74) is 1.11. The van der Waals surface area contributed by atoms with Crippen molar-refractivity contribution < 1.29 is 0 Å². The molecule has 0 radical (unpaired) electrons. The van der Waals surface area contributed by atoms with Gasteiger partial charge in [0, 0.05) is 6.04 Å². The first-order valence-electron chi connectivity index (χ1n) is 6.23. The maximum absolute atomic E-state index is 6.27. The van der Waals surface area contributed by atoms with Crippen LogP contribution in [0.2, 0.25) is 10.0 Å². The second-order valence-corrected chi connectivity index (χ2v) is 5.51. The maximum atomic E-state index is 6.27. The Morgan fingerprint density at radius 2 is 1.88 bits per heavy atom. The maximum Gasteiger partial charge on any atom is 0.0640 e. The Hall–Kier alpha value is -0.240. The summed E-state index contributed by atoms with van der Waals surface area (Å²) in [4.78, 5) is 0. The molecule has 1 unspecified atom stereocenters. The predicted molar refractivity (Wildman–Crippen MR) is 77.0 cm³/mol. The number of benzene rings is 1. The van der Waals surface area contributed by atoms with Crippen LogP contribution < -0.4 is 5.32 Å².